The Bertz CT molecular complexity index is 533. The first-order valence-electron chi connectivity index (χ1n) is 6.28. The molecule has 21 heavy (non-hydrogen) atoms. The van der Waals surface area contributed by atoms with Crippen molar-refractivity contribution >= 4 is 40.8 Å². The maximum absolute atomic E-state index is 12.3. The molecule has 1 atom stereocenters. The molecule has 1 aliphatic heterocycles. The predicted octanol–water partition coefficient (Wildman–Crippen LogP) is 0.692. The minimum absolute atomic E-state index is 0.0369. The van der Waals surface area contributed by atoms with Gasteiger partial charge in [0.25, 0.3) is 0 Å². The normalized spacial score (nSPS) is 18.3. The Morgan fingerprint density at radius 3 is 2.24 bits per heavy atom. The molecule has 0 bridgehead atoms. The van der Waals surface area contributed by atoms with E-state index in [9.17, 15) is 14.4 Å². The van der Waals surface area contributed by atoms with E-state index in [0.29, 0.717) is 5.56 Å². The lowest BCUT2D eigenvalue weighted by Gasteiger charge is -2.24. The molecule has 0 aliphatic carbocycles. The van der Waals surface area contributed by atoms with Crippen LogP contribution in [0.15, 0.2) is 30.3 Å². The number of rotatable bonds is 3. The van der Waals surface area contributed by atoms with Gasteiger partial charge in [0.15, 0.2) is 5.78 Å². The third-order valence-corrected chi connectivity index (χ3v) is 3.69. The fraction of sp³-hybridized carbons (Fsp3) is 0.308. The fourth-order valence-electron chi connectivity index (χ4n) is 1.86. The highest BCUT2D eigenvalue weighted by Gasteiger charge is 2.42. The molecule has 1 saturated heterocycles. The molecule has 1 aliphatic rings. The Hall–Kier alpha value is -1.67. The summed E-state index contributed by atoms with van der Waals surface area (Å²) in [6.07, 6.45) is 0. The number of ketones is 1. The van der Waals surface area contributed by atoms with E-state index in [1.807, 2.05) is 0 Å². The van der Waals surface area contributed by atoms with E-state index in [1.165, 1.54) is 4.90 Å². The highest BCUT2D eigenvalue weighted by Crippen LogP contribution is 2.16. The average Bonchev–Trinajstić information content (AvgIpc) is 2.44. The zero-order valence-corrected chi connectivity index (χ0v) is 12.9. The van der Waals surface area contributed by atoms with Crippen LogP contribution >= 0.6 is 15.9 Å². The monoisotopic (exact) mass is 353 g/mol. The molecule has 0 aromatic heterocycles. The van der Waals surface area contributed by atoms with E-state index in [2.05, 4.69) is 15.9 Å². The Labute approximate surface area is 130 Å². The first-order valence-corrected chi connectivity index (χ1v) is 7.20. The van der Waals surface area contributed by atoms with E-state index in [1.54, 1.807) is 37.4 Å². The molecule has 110 valence electrons. The van der Waals surface area contributed by atoms with Gasteiger partial charge in [-0.25, -0.2) is 0 Å². The van der Waals surface area contributed by atoms with Crippen LogP contribution in [-0.2, 0) is 18.9 Å². The van der Waals surface area contributed by atoms with Crippen LogP contribution in [0.5, 0.6) is 0 Å². The number of Topliss-reactive ketones (excluding diaryl/α,β-unsaturated/α-hetero) is 1. The van der Waals surface area contributed by atoms with Gasteiger partial charge in [-0.2, -0.15) is 0 Å². The lowest BCUT2D eigenvalue weighted by molar-refractivity contribution is -0.145. The van der Waals surface area contributed by atoms with Gasteiger partial charge in [0.1, 0.15) is 4.73 Å². The van der Waals surface area contributed by atoms with Crippen LogP contribution in [-0.4, -0.2) is 54.6 Å². The van der Waals surface area contributed by atoms with Crippen LogP contribution in [0, 0.1) is 0 Å². The van der Waals surface area contributed by atoms with Crippen LogP contribution in [0.25, 0.3) is 0 Å². The molecule has 0 amide bonds. The van der Waals surface area contributed by atoms with Gasteiger partial charge in [-0.15, -0.1) is 0 Å². The zero-order chi connectivity index (χ0) is 15.4. The molecule has 0 saturated carbocycles. The first-order chi connectivity index (χ1) is 9.97. The van der Waals surface area contributed by atoms with Gasteiger partial charge in [-0.1, -0.05) is 46.3 Å². The number of likely N-dealkylation sites (N-methyl/N-ethyl adjacent to an activating group) is 1. The molecule has 1 fully saturated rings. The van der Waals surface area contributed by atoms with Gasteiger partial charge in [0.2, 0.25) is 0 Å². The average molecular weight is 354 g/mol. The number of alkyl halides is 1. The van der Waals surface area contributed by atoms with Crippen LogP contribution in [0.1, 0.15) is 10.4 Å². The van der Waals surface area contributed by atoms with Gasteiger partial charge in [0, 0.05) is 5.56 Å². The van der Waals surface area contributed by atoms with Crippen molar-refractivity contribution in [3.05, 3.63) is 35.9 Å². The quantitative estimate of drug-likeness (QED) is 0.452. The van der Waals surface area contributed by atoms with Gasteiger partial charge in [0.05, 0.1) is 13.1 Å². The van der Waals surface area contributed by atoms with Crippen molar-refractivity contribution in [1.82, 2.24) is 4.90 Å². The molecular formula is C13H13BBrNO5. The van der Waals surface area contributed by atoms with Crippen molar-refractivity contribution in [3.63, 3.8) is 0 Å². The van der Waals surface area contributed by atoms with E-state index in [-0.39, 0.29) is 18.9 Å². The first kappa shape index (κ1) is 15.7. The highest BCUT2D eigenvalue weighted by atomic mass is 79.9. The van der Waals surface area contributed by atoms with Gasteiger partial charge in [-0.3, -0.25) is 19.3 Å². The third-order valence-electron chi connectivity index (χ3n) is 2.84. The van der Waals surface area contributed by atoms with Gasteiger partial charge < -0.3 is 9.31 Å². The lowest BCUT2D eigenvalue weighted by atomic mass is 9.79. The highest BCUT2D eigenvalue weighted by molar-refractivity contribution is 9.10. The van der Waals surface area contributed by atoms with Crippen molar-refractivity contribution in [2.45, 2.75) is 4.73 Å². The second-order valence-electron chi connectivity index (χ2n) is 4.65. The van der Waals surface area contributed by atoms with Crippen LogP contribution < -0.4 is 0 Å². The molecule has 6 nitrogen and oxygen atoms in total. The van der Waals surface area contributed by atoms with E-state index >= 15 is 0 Å². The zero-order valence-electron chi connectivity index (χ0n) is 11.3. The summed E-state index contributed by atoms with van der Waals surface area (Å²) in [5.41, 5.74) is 0.436. The Morgan fingerprint density at radius 2 is 1.71 bits per heavy atom. The SMILES string of the molecule is CN1CC(=O)OB([C@@H](Br)C(=O)c2ccccc2)OC(=O)C1. The number of benzene rings is 1. The van der Waals surface area contributed by atoms with E-state index in [0.717, 1.165) is 0 Å². The number of nitrogens with zero attached hydrogens (tertiary/aromatic N) is 1. The summed E-state index contributed by atoms with van der Waals surface area (Å²) in [5.74, 6) is -1.43. The maximum Gasteiger partial charge on any atom is 0.621 e. The second kappa shape index (κ2) is 6.86. The van der Waals surface area contributed by atoms with Crippen LogP contribution in [0.3, 0.4) is 0 Å². The number of carbonyl (C=O) groups excluding carboxylic acids is 3. The molecule has 1 aromatic carbocycles. The van der Waals surface area contributed by atoms with E-state index in [4.69, 9.17) is 9.31 Å². The van der Waals surface area contributed by atoms with Gasteiger partial charge in [-0.05, 0) is 7.05 Å². The summed E-state index contributed by atoms with van der Waals surface area (Å²) < 4.78 is 9.14. The number of halogens is 1. The number of hydrogen-bond acceptors (Lipinski definition) is 6. The van der Waals surface area contributed by atoms with Crippen molar-refractivity contribution in [3.8, 4) is 0 Å². The summed E-state index contributed by atoms with van der Waals surface area (Å²) in [6.45, 7) is -0.0737. The Kier molecular flexibility index (Phi) is 5.14. The largest absolute Gasteiger partial charge is 0.621 e. The summed E-state index contributed by atoms with van der Waals surface area (Å²) in [4.78, 5) is 37.0. The fourth-order valence-corrected chi connectivity index (χ4v) is 2.34. The molecule has 1 heterocycles. The minimum atomic E-state index is -1.27. The standard InChI is InChI=1S/C13H13BBrNO5/c1-16-7-10(17)20-14(21-11(18)8-16)13(15)12(19)9-5-3-2-4-6-9/h2-6,13H,7-8H2,1H3/t13-/m0/s1. The second-order valence-corrected chi connectivity index (χ2v) is 5.64. The molecular weight excluding hydrogens is 341 g/mol. The van der Waals surface area contributed by atoms with Gasteiger partial charge >= 0.3 is 19.1 Å². The summed E-state index contributed by atoms with van der Waals surface area (Å²) in [7, 11) is 0.329. The van der Waals surface area contributed by atoms with Crippen molar-refractivity contribution in [1.29, 1.82) is 0 Å². The number of hydrogen-bond donors (Lipinski definition) is 0. The van der Waals surface area contributed by atoms with Crippen LogP contribution in [0.2, 0.25) is 0 Å². The van der Waals surface area contributed by atoms with Crippen molar-refractivity contribution in [2.24, 2.45) is 0 Å². The smallest absolute Gasteiger partial charge is 0.497 e. The molecule has 0 spiro atoms. The lowest BCUT2D eigenvalue weighted by Crippen LogP contribution is -2.48. The molecule has 0 N–H and O–H groups in total. The molecule has 0 radical (unpaired) electrons. The van der Waals surface area contributed by atoms with E-state index < -0.39 is 23.8 Å². The third kappa shape index (κ3) is 4.15. The Morgan fingerprint density at radius 1 is 1.19 bits per heavy atom. The maximum atomic E-state index is 12.3. The van der Waals surface area contributed by atoms with Crippen molar-refractivity contribution in [2.75, 3.05) is 20.1 Å². The molecule has 1 aromatic rings. The summed E-state index contributed by atoms with van der Waals surface area (Å²) in [5, 5.41) is 0. The van der Waals surface area contributed by atoms with Crippen molar-refractivity contribution < 1.29 is 23.7 Å². The minimum Gasteiger partial charge on any atom is -0.497 e. The topological polar surface area (TPSA) is 72.9 Å². The molecule has 8 heteroatoms. The summed E-state index contributed by atoms with van der Waals surface area (Å²) >= 11 is 3.15. The number of carbonyl (C=O) groups is 3. The Balaban J connectivity index is 2.13. The van der Waals surface area contributed by atoms with Crippen LogP contribution in [0.4, 0.5) is 0 Å². The predicted molar refractivity (Wildman–Crippen MR) is 78.9 cm³/mol. The molecule has 0 unspecified atom stereocenters. The molecule has 2 rings (SSSR count). The summed E-state index contributed by atoms with van der Waals surface area (Å²) in [6, 6.07) is 8.50.